The number of ether oxygens (including phenoxy) is 1. The first-order valence-corrected chi connectivity index (χ1v) is 14.7. The third kappa shape index (κ3) is 6.41. The van der Waals surface area contributed by atoms with E-state index >= 15 is 0 Å². The molecule has 2 amide bonds. The summed E-state index contributed by atoms with van der Waals surface area (Å²) in [6.07, 6.45) is 6.48. The van der Waals surface area contributed by atoms with Gasteiger partial charge in [0, 0.05) is 48.7 Å². The lowest BCUT2D eigenvalue weighted by molar-refractivity contribution is -0.125. The predicted molar refractivity (Wildman–Crippen MR) is 145 cm³/mol. The Morgan fingerprint density at radius 3 is 2.51 bits per heavy atom. The summed E-state index contributed by atoms with van der Waals surface area (Å²) >= 11 is 0. The predicted octanol–water partition coefficient (Wildman–Crippen LogP) is 3.92. The van der Waals surface area contributed by atoms with Crippen molar-refractivity contribution in [2.24, 2.45) is 16.8 Å². The second-order valence-electron chi connectivity index (χ2n) is 10.8. The van der Waals surface area contributed by atoms with E-state index in [9.17, 15) is 18.0 Å². The van der Waals surface area contributed by atoms with Crippen LogP contribution in [0.25, 0.3) is 6.08 Å². The number of carbonyl (C=O) groups excluding carboxylic acids is 2. The van der Waals surface area contributed by atoms with E-state index in [1.165, 1.54) is 22.7 Å². The van der Waals surface area contributed by atoms with Gasteiger partial charge in [0.2, 0.25) is 15.9 Å². The van der Waals surface area contributed by atoms with Crippen molar-refractivity contribution in [1.29, 1.82) is 0 Å². The number of nitrogens with zero attached hydrogens (tertiary/aromatic N) is 2. The number of hydrogen-bond acceptors (Lipinski definition) is 6. The van der Waals surface area contributed by atoms with E-state index in [1.807, 2.05) is 13.8 Å². The minimum Gasteiger partial charge on any atom is -0.490 e. The normalized spacial score (nSPS) is 24.4. The number of benzene rings is 1. The molecule has 3 aliphatic rings. The van der Waals surface area contributed by atoms with Gasteiger partial charge in [-0.15, -0.1) is 0 Å². The highest BCUT2D eigenvalue weighted by atomic mass is 32.2. The maximum atomic E-state index is 13.1. The SMILES string of the molecule is CC(=O)Nc1ccc(C=CS(=O)(=O)N2CCC3(CC2)N=C(C2CCC(C)CC2)NC3=O)c(OC(C)C)c1. The zero-order chi connectivity index (χ0) is 26.8. The largest absolute Gasteiger partial charge is 0.490 e. The number of amides is 2. The first-order chi connectivity index (χ1) is 17.5. The Kier molecular flexibility index (Phi) is 8.08. The Hall–Kier alpha value is -2.72. The topological polar surface area (TPSA) is 117 Å². The fourth-order valence-electron chi connectivity index (χ4n) is 5.27. The molecule has 1 aromatic carbocycles. The van der Waals surface area contributed by atoms with Crippen LogP contribution in [0.1, 0.15) is 71.8 Å². The van der Waals surface area contributed by atoms with Gasteiger partial charge >= 0.3 is 0 Å². The Morgan fingerprint density at radius 2 is 1.89 bits per heavy atom. The average molecular weight is 531 g/mol. The van der Waals surface area contributed by atoms with Crippen LogP contribution in [-0.2, 0) is 19.6 Å². The monoisotopic (exact) mass is 530 g/mol. The Morgan fingerprint density at radius 1 is 1.22 bits per heavy atom. The Bertz CT molecular complexity index is 1190. The number of carbonyl (C=O) groups is 2. The lowest BCUT2D eigenvalue weighted by atomic mass is 9.82. The first kappa shape index (κ1) is 27.3. The second kappa shape index (κ2) is 10.9. The molecule has 0 aromatic heterocycles. The summed E-state index contributed by atoms with van der Waals surface area (Å²) in [7, 11) is -3.71. The minimum absolute atomic E-state index is 0.0940. The van der Waals surface area contributed by atoms with Gasteiger partial charge in [-0.3, -0.25) is 14.6 Å². The van der Waals surface area contributed by atoms with E-state index < -0.39 is 15.6 Å². The molecule has 2 N–H and O–H groups in total. The molecule has 202 valence electrons. The molecule has 1 saturated carbocycles. The summed E-state index contributed by atoms with van der Waals surface area (Å²) in [5.74, 6) is 1.99. The summed E-state index contributed by atoms with van der Waals surface area (Å²) in [5.41, 5.74) is 0.305. The van der Waals surface area contributed by atoms with Crippen LogP contribution in [0, 0.1) is 11.8 Å². The van der Waals surface area contributed by atoms with E-state index in [-0.39, 0.29) is 31.0 Å². The van der Waals surface area contributed by atoms with Gasteiger partial charge in [0.25, 0.3) is 5.91 Å². The number of sulfonamides is 1. The number of hydrogen-bond donors (Lipinski definition) is 2. The summed E-state index contributed by atoms with van der Waals surface area (Å²) in [4.78, 5) is 29.2. The fourth-order valence-corrected chi connectivity index (χ4v) is 6.45. The zero-order valence-corrected chi connectivity index (χ0v) is 22.9. The number of rotatable bonds is 7. The molecule has 9 nitrogen and oxygen atoms in total. The van der Waals surface area contributed by atoms with Crippen molar-refractivity contribution in [3.8, 4) is 5.75 Å². The van der Waals surface area contributed by atoms with E-state index in [0.717, 1.165) is 31.5 Å². The first-order valence-electron chi connectivity index (χ1n) is 13.2. The number of aliphatic imine (C=N–C) groups is 1. The van der Waals surface area contributed by atoms with Gasteiger partial charge in [0.05, 0.1) is 6.10 Å². The van der Waals surface area contributed by atoms with Gasteiger partial charge < -0.3 is 15.4 Å². The van der Waals surface area contributed by atoms with Gasteiger partial charge in [0.15, 0.2) is 0 Å². The molecule has 4 rings (SSSR count). The molecule has 0 radical (unpaired) electrons. The summed E-state index contributed by atoms with van der Waals surface area (Å²) in [6.45, 7) is 7.90. The third-order valence-corrected chi connectivity index (χ3v) is 8.99. The van der Waals surface area contributed by atoms with E-state index in [0.29, 0.717) is 41.7 Å². The average Bonchev–Trinajstić information content (AvgIpc) is 3.14. The number of amidine groups is 1. The van der Waals surface area contributed by atoms with Crippen LogP contribution < -0.4 is 15.4 Å². The molecule has 0 bridgehead atoms. The maximum absolute atomic E-state index is 13.1. The van der Waals surface area contributed by atoms with Crippen molar-refractivity contribution in [3.63, 3.8) is 0 Å². The zero-order valence-electron chi connectivity index (χ0n) is 22.1. The second-order valence-corrected chi connectivity index (χ2v) is 12.6. The van der Waals surface area contributed by atoms with Crippen LogP contribution >= 0.6 is 0 Å². The molecular weight excluding hydrogens is 492 g/mol. The Balaban J connectivity index is 1.44. The van der Waals surface area contributed by atoms with Crippen molar-refractivity contribution >= 4 is 39.4 Å². The summed E-state index contributed by atoms with van der Waals surface area (Å²) in [6, 6.07) is 5.09. The molecule has 2 aliphatic heterocycles. The molecule has 1 spiro atoms. The lowest BCUT2D eigenvalue weighted by Crippen LogP contribution is -2.50. The highest BCUT2D eigenvalue weighted by Crippen LogP contribution is 2.36. The highest BCUT2D eigenvalue weighted by Gasteiger charge is 2.48. The third-order valence-electron chi connectivity index (χ3n) is 7.43. The molecule has 2 fully saturated rings. The minimum atomic E-state index is -3.71. The van der Waals surface area contributed by atoms with Gasteiger partial charge in [-0.25, -0.2) is 8.42 Å². The number of piperidine rings is 1. The molecular formula is C27H38N4O5S. The van der Waals surface area contributed by atoms with E-state index in [4.69, 9.17) is 9.73 Å². The smallest absolute Gasteiger partial charge is 0.253 e. The molecule has 1 aliphatic carbocycles. The van der Waals surface area contributed by atoms with Crippen molar-refractivity contribution in [2.45, 2.75) is 77.9 Å². The van der Waals surface area contributed by atoms with Crippen molar-refractivity contribution in [1.82, 2.24) is 9.62 Å². The van der Waals surface area contributed by atoms with Gasteiger partial charge in [0.1, 0.15) is 17.1 Å². The fraction of sp³-hybridized carbons (Fsp3) is 0.593. The van der Waals surface area contributed by atoms with Crippen LogP contribution in [0.2, 0.25) is 0 Å². The molecule has 2 heterocycles. The van der Waals surface area contributed by atoms with Crippen molar-refractivity contribution in [3.05, 3.63) is 29.2 Å². The molecule has 37 heavy (non-hydrogen) atoms. The molecule has 1 aromatic rings. The standard InChI is InChI=1S/C27H38N4O5S/c1-18(2)36-24-17-23(28-20(4)32)10-9-21(24)11-16-37(34,35)31-14-12-27(13-15-31)26(33)29-25(30-27)22-7-5-19(3)6-8-22/h9-11,16-19,22H,5-8,12-15H2,1-4H3,(H,28,32)(H,29,30,33). The van der Waals surface area contributed by atoms with Crippen LogP contribution in [0.4, 0.5) is 5.69 Å². The maximum Gasteiger partial charge on any atom is 0.253 e. The summed E-state index contributed by atoms with van der Waals surface area (Å²) < 4.78 is 33.5. The summed E-state index contributed by atoms with van der Waals surface area (Å²) in [5, 5.41) is 6.92. The van der Waals surface area contributed by atoms with Crippen LogP contribution in [-0.4, -0.2) is 55.1 Å². The van der Waals surface area contributed by atoms with Crippen molar-refractivity contribution < 1.29 is 22.7 Å². The van der Waals surface area contributed by atoms with E-state index in [1.54, 1.807) is 18.2 Å². The highest BCUT2D eigenvalue weighted by molar-refractivity contribution is 7.92. The number of anilines is 1. The van der Waals surface area contributed by atoms with Crippen LogP contribution in [0.15, 0.2) is 28.6 Å². The van der Waals surface area contributed by atoms with Gasteiger partial charge in [-0.1, -0.05) is 19.8 Å². The van der Waals surface area contributed by atoms with Gasteiger partial charge in [-0.05, 0) is 63.7 Å². The van der Waals surface area contributed by atoms with Crippen LogP contribution in [0.5, 0.6) is 5.75 Å². The molecule has 0 unspecified atom stereocenters. The molecule has 0 atom stereocenters. The van der Waals surface area contributed by atoms with E-state index in [2.05, 4.69) is 17.6 Å². The van der Waals surface area contributed by atoms with Crippen molar-refractivity contribution in [2.75, 3.05) is 18.4 Å². The van der Waals surface area contributed by atoms with Crippen LogP contribution in [0.3, 0.4) is 0 Å². The molecule has 1 saturated heterocycles. The lowest BCUT2D eigenvalue weighted by Gasteiger charge is -2.34. The number of nitrogens with one attached hydrogen (secondary N) is 2. The quantitative estimate of drug-likeness (QED) is 0.554. The molecule has 10 heteroatoms. The van der Waals surface area contributed by atoms with Gasteiger partial charge in [-0.2, -0.15) is 4.31 Å². The Labute approximate surface area is 219 Å².